The zero-order chi connectivity index (χ0) is 15.1. The Morgan fingerprint density at radius 2 is 2.10 bits per heavy atom. The molecule has 0 bridgehead atoms. The summed E-state index contributed by atoms with van der Waals surface area (Å²) in [5.41, 5.74) is 2.51. The predicted octanol–water partition coefficient (Wildman–Crippen LogP) is 3.52. The van der Waals surface area contributed by atoms with Gasteiger partial charge in [0.25, 0.3) is 0 Å². The van der Waals surface area contributed by atoms with Crippen LogP contribution in [-0.4, -0.2) is 25.5 Å². The number of benzene rings is 1. The van der Waals surface area contributed by atoms with E-state index in [4.69, 9.17) is 0 Å². The van der Waals surface area contributed by atoms with Crippen molar-refractivity contribution in [2.24, 2.45) is 5.92 Å². The largest absolute Gasteiger partial charge is 0.370 e. The van der Waals surface area contributed by atoms with Crippen LogP contribution in [0, 0.1) is 12.8 Å². The third kappa shape index (κ3) is 5.07. The quantitative estimate of drug-likeness (QED) is 0.832. The summed E-state index contributed by atoms with van der Waals surface area (Å²) in [7, 11) is 0. The Labute approximate surface area is 128 Å². The summed E-state index contributed by atoms with van der Waals surface area (Å²) >= 11 is 0. The van der Waals surface area contributed by atoms with Gasteiger partial charge in [-0.15, -0.1) is 0 Å². The second kappa shape index (κ2) is 8.06. The van der Waals surface area contributed by atoms with E-state index in [0.717, 1.165) is 26.1 Å². The summed E-state index contributed by atoms with van der Waals surface area (Å²) in [6.07, 6.45) is 5.79. The van der Waals surface area contributed by atoms with E-state index in [1.54, 1.807) is 0 Å². The summed E-state index contributed by atoms with van der Waals surface area (Å²) < 4.78 is 0. The van der Waals surface area contributed by atoms with Gasteiger partial charge in [-0.2, -0.15) is 0 Å². The van der Waals surface area contributed by atoms with Gasteiger partial charge in [-0.1, -0.05) is 25.0 Å². The van der Waals surface area contributed by atoms with E-state index >= 15 is 0 Å². The SMILES string of the molecule is CCN(CCNC(=O)CC1CCCC1)c1cccc(C)c1. The van der Waals surface area contributed by atoms with Gasteiger partial charge < -0.3 is 10.2 Å². The van der Waals surface area contributed by atoms with Crippen molar-refractivity contribution in [2.45, 2.75) is 46.0 Å². The van der Waals surface area contributed by atoms with Crippen molar-refractivity contribution in [3.63, 3.8) is 0 Å². The molecule has 0 heterocycles. The molecule has 0 atom stereocenters. The number of amides is 1. The third-order valence-electron chi connectivity index (χ3n) is 4.40. The minimum Gasteiger partial charge on any atom is -0.370 e. The maximum Gasteiger partial charge on any atom is 0.220 e. The summed E-state index contributed by atoms with van der Waals surface area (Å²) in [6.45, 7) is 6.83. The molecule has 21 heavy (non-hydrogen) atoms. The predicted molar refractivity (Wildman–Crippen MR) is 88.7 cm³/mol. The van der Waals surface area contributed by atoms with Gasteiger partial charge in [0.05, 0.1) is 0 Å². The first-order chi connectivity index (χ1) is 10.2. The minimum absolute atomic E-state index is 0.224. The van der Waals surface area contributed by atoms with Crippen LogP contribution < -0.4 is 10.2 Å². The first kappa shape index (κ1) is 15.9. The molecule has 1 saturated carbocycles. The average Bonchev–Trinajstić information content (AvgIpc) is 2.96. The molecule has 0 aromatic heterocycles. The molecular formula is C18H28N2O. The van der Waals surface area contributed by atoms with Crippen LogP contribution in [-0.2, 0) is 4.79 Å². The van der Waals surface area contributed by atoms with Crippen molar-refractivity contribution < 1.29 is 4.79 Å². The third-order valence-corrected chi connectivity index (χ3v) is 4.40. The zero-order valence-electron chi connectivity index (χ0n) is 13.4. The fourth-order valence-corrected chi connectivity index (χ4v) is 3.17. The standard InChI is InChI=1S/C18H28N2O/c1-3-20(17-10-6-7-15(2)13-17)12-11-19-18(21)14-16-8-4-5-9-16/h6-7,10,13,16H,3-5,8-9,11-12,14H2,1-2H3,(H,19,21). The number of rotatable bonds is 7. The Morgan fingerprint density at radius 1 is 1.33 bits per heavy atom. The van der Waals surface area contributed by atoms with Crippen molar-refractivity contribution in [3.8, 4) is 0 Å². The van der Waals surface area contributed by atoms with E-state index in [9.17, 15) is 4.79 Å². The van der Waals surface area contributed by atoms with E-state index < -0.39 is 0 Å². The smallest absolute Gasteiger partial charge is 0.220 e. The van der Waals surface area contributed by atoms with Crippen molar-refractivity contribution in [1.29, 1.82) is 0 Å². The van der Waals surface area contributed by atoms with E-state index in [-0.39, 0.29) is 5.91 Å². The van der Waals surface area contributed by atoms with Crippen molar-refractivity contribution in [3.05, 3.63) is 29.8 Å². The molecule has 0 spiro atoms. The number of anilines is 1. The molecule has 116 valence electrons. The summed E-state index contributed by atoms with van der Waals surface area (Å²) in [5.74, 6) is 0.853. The highest BCUT2D eigenvalue weighted by Crippen LogP contribution is 2.27. The highest BCUT2D eigenvalue weighted by atomic mass is 16.1. The number of carbonyl (C=O) groups is 1. The first-order valence-corrected chi connectivity index (χ1v) is 8.27. The van der Waals surface area contributed by atoms with E-state index in [0.29, 0.717) is 5.92 Å². The molecule has 1 aromatic carbocycles. The highest BCUT2D eigenvalue weighted by Gasteiger charge is 2.18. The number of nitrogens with zero attached hydrogens (tertiary/aromatic N) is 1. The van der Waals surface area contributed by atoms with Crippen LogP contribution in [0.5, 0.6) is 0 Å². The fourth-order valence-electron chi connectivity index (χ4n) is 3.17. The Kier molecular flexibility index (Phi) is 6.09. The molecule has 3 nitrogen and oxygen atoms in total. The Balaban J connectivity index is 1.74. The number of hydrogen-bond acceptors (Lipinski definition) is 2. The van der Waals surface area contributed by atoms with Gasteiger partial charge in [-0.25, -0.2) is 0 Å². The van der Waals surface area contributed by atoms with Crippen LogP contribution >= 0.6 is 0 Å². The monoisotopic (exact) mass is 288 g/mol. The maximum absolute atomic E-state index is 11.9. The van der Waals surface area contributed by atoms with Crippen LogP contribution in [0.2, 0.25) is 0 Å². The first-order valence-electron chi connectivity index (χ1n) is 8.27. The lowest BCUT2D eigenvalue weighted by atomic mass is 10.0. The number of aryl methyl sites for hydroxylation is 1. The van der Waals surface area contributed by atoms with Crippen LogP contribution in [0.3, 0.4) is 0 Å². The summed E-state index contributed by atoms with van der Waals surface area (Å²) in [6, 6.07) is 8.54. The molecule has 2 rings (SSSR count). The van der Waals surface area contributed by atoms with Gasteiger partial charge in [0.1, 0.15) is 0 Å². The van der Waals surface area contributed by atoms with Crippen molar-refractivity contribution in [2.75, 3.05) is 24.5 Å². The van der Waals surface area contributed by atoms with E-state index in [2.05, 4.69) is 48.3 Å². The molecule has 0 radical (unpaired) electrons. The average molecular weight is 288 g/mol. The van der Waals surface area contributed by atoms with Crippen LogP contribution in [0.25, 0.3) is 0 Å². The number of nitrogens with one attached hydrogen (secondary N) is 1. The van der Waals surface area contributed by atoms with Crippen molar-refractivity contribution >= 4 is 11.6 Å². The van der Waals surface area contributed by atoms with Gasteiger partial charge in [0.2, 0.25) is 5.91 Å². The molecule has 0 unspecified atom stereocenters. The lowest BCUT2D eigenvalue weighted by Gasteiger charge is -2.23. The Morgan fingerprint density at radius 3 is 2.76 bits per heavy atom. The number of likely N-dealkylation sites (N-methyl/N-ethyl adjacent to an activating group) is 1. The zero-order valence-corrected chi connectivity index (χ0v) is 13.4. The molecule has 1 fully saturated rings. The molecule has 1 aliphatic rings. The van der Waals surface area contributed by atoms with Gasteiger partial charge in [-0.3, -0.25) is 4.79 Å². The number of carbonyl (C=O) groups excluding carboxylic acids is 1. The van der Waals surface area contributed by atoms with E-state index in [1.807, 2.05) is 0 Å². The number of hydrogen-bond donors (Lipinski definition) is 1. The summed E-state index contributed by atoms with van der Waals surface area (Å²) in [4.78, 5) is 14.2. The van der Waals surface area contributed by atoms with Crippen molar-refractivity contribution in [1.82, 2.24) is 5.32 Å². The highest BCUT2D eigenvalue weighted by molar-refractivity contribution is 5.76. The molecule has 0 aliphatic heterocycles. The van der Waals surface area contributed by atoms with Gasteiger partial charge >= 0.3 is 0 Å². The van der Waals surface area contributed by atoms with Crippen LogP contribution in [0.4, 0.5) is 5.69 Å². The van der Waals surface area contributed by atoms with Gasteiger partial charge in [0, 0.05) is 31.7 Å². The van der Waals surface area contributed by atoms with Gasteiger partial charge in [-0.05, 0) is 50.3 Å². The lowest BCUT2D eigenvalue weighted by molar-refractivity contribution is -0.121. The second-order valence-corrected chi connectivity index (χ2v) is 6.12. The van der Waals surface area contributed by atoms with Crippen LogP contribution in [0.1, 0.15) is 44.6 Å². The molecule has 3 heteroatoms. The molecule has 1 aromatic rings. The lowest BCUT2D eigenvalue weighted by Crippen LogP contribution is -2.35. The molecule has 1 aliphatic carbocycles. The normalized spacial score (nSPS) is 15.1. The molecule has 1 amide bonds. The maximum atomic E-state index is 11.9. The topological polar surface area (TPSA) is 32.3 Å². The minimum atomic E-state index is 0.224. The Bertz CT molecular complexity index is 452. The molecule has 1 N–H and O–H groups in total. The molecule has 0 saturated heterocycles. The molecular weight excluding hydrogens is 260 g/mol. The fraction of sp³-hybridized carbons (Fsp3) is 0.611. The van der Waals surface area contributed by atoms with Gasteiger partial charge in [0.15, 0.2) is 0 Å². The summed E-state index contributed by atoms with van der Waals surface area (Å²) in [5, 5.41) is 3.08. The Hall–Kier alpha value is -1.51. The second-order valence-electron chi connectivity index (χ2n) is 6.12. The van der Waals surface area contributed by atoms with E-state index in [1.165, 1.54) is 36.9 Å². The van der Waals surface area contributed by atoms with Crippen LogP contribution in [0.15, 0.2) is 24.3 Å².